The number of Topliss-reactive ketones (excluding diaryl/α,β-unsaturated/α-hetero) is 1. The maximum atomic E-state index is 12.2. The van der Waals surface area contributed by atoms with Gasteiger partial charge >= 0.3 is 0 Å². The zero-order valence-corrected chi connectivity index (χ0v) is 15.6. The SMILES string of the molecule is Cc1ccccc1C=C(O)C(=O)[C@H](O)[C@@H](O)[C@H](O)C(O)=Cc1ccccc1C. The first kappa shape index (κ1) is 21.4. The Morgan fingerprint density at radius 1 is 0.786 bits per heavy atom. The molecule has 0 bridgehead atoms. The van der Waals surface area contributed by atoms with E-state index in [1.807, 2.05) is 0 Å². The van der Waals surface area contributed by atoms with Gasteiger partial charge in [0.15, 0.2) is 5.76 Å². The number of hydrogen-bond donors (Lipinski definition) is 5. The third-order valence-corrected chi connectivity index (χ3v) is 4.44. The van der Waals surface area contributed by atoms with Crippen LogP contribution in [0.2, 0.25) is 0 Å². The van der Waals surface area contributed by atoms with Gasteiger partial charge in [0.05, 0.1) is 0 Å². The first-order valence-electron chi connectivity index (χ1n) is 8.73. The number of aliphatic hydroxyl groups is 5. The predicted molar refractivity (Wildman–Crippen MR) is 107 cm³/mol. The summed E-state index contributed by atoms with van der Waals surface area (Å²) in [6, 6.07) is 14.0. The Balaban J connectivity index is 2.16. The van der Waals surface area contributed by atoms with Gasteiger partial charge in [-0.3, -0.25) is 4.79 Å². The lowest BCUT2D eigenvalue weighted by Crippen LogP contribution is -2.43. The minimum absolute atomic E-state index is 0.567. The highest BCUT2D eigenvalue weighted by Gasteiger charge is 2.34. The van der Waals surface area contributed by atoms with Crippen molar-refractivity contribution in [2.24, 2.45) is 0 Å². The number of benzene rings is 2. The van der Waals surface area contributed by atoms with E-state index in [1.165, 1.54) is 12.2 Å². The van der Waals surface area contributed by atoms with Crippen LogP contribution in [0.4, 0.5) is 0 Å². The standard InChI is InChI=1S/C22H24O6/c1-13-7-3-5-9-15(13)11-17(23)19(25)21(27)22(28)20(26)18(24)12-16-10-6-4-8-14(16)2/h3-12,19,21-25,27-28H,1-2H3/t19-,21+,22+/m1/s1. The van der Waals surface area contributed by atoms with Crippen molar-refractivity contribution >= 4 is 17.9 Å². The van der Waals surface area contributed by atoms with Gasteiger partial charge in [-0.1, -0.05) is 48.5 Å². The van der Waals surface area contributed by atoms with E-state index in [2.05, 4.69) is 0 Å². The molecule has 2 rings (SSSR count). The summed E-state index contributed by atoms with van der Waals surface area (Å²) in [5, 5.41) is 50.3. The molecule has 148 valence electrons. The van der Waals surface area contributed by atoms with Gasteiger partial charge in [-0.25, -0.2) is 0 Å². The largest absolute Gasteiger partial charge is 0.509 e. The van der Waals surface area contributed by atoms with Gasteiger partial charge < -0.3 is 25.5 Å². The number of carbonyl (C=O) groups is 1. The number of aliphatic hydroxyl groups excluding tert-OH is 5. The lowest BCUT2D eigenvalue weighted by molar-refractivity contribution is -0.136. The second-order valence-electron chi connectivity index (χ2n) is 6.56. The molecule has 5 N–H and O–H groups in total. The van der Waals surface area contributed by atoms with Crippen LogP contribution < -0.4 is 0 Å². The third-order valence-electron chi connectivity index (χ3n) is 4.44. The second kappa shape index (κ2) is 9.32. The van der Waals surface area contributed by atoms with Crippen LogP contribution in [0.3, 0.4) is 0 Å². The van der Waals surface area contributed by atoms with Gasteiger partial charge in [0.25, 0.3) is 0 Å². The van der Waals surface area contributed by atoms with E-state index in [4.69, 9.17) is 0 Å². The number of hydrogen-bond acceptors (Lipinski definition) is 6. The summed E-state index contributed by atoms with van der Waals surface area (Å²) in [5.74, 6) is -2.55. The van der Waals surface area contributed by atoms with Crippen LogP contribution in [-0.4, -0.2) is 49.6 Å². The summed E-state index contributed by atoms with van der Waals surface area (Å²) >= 11 is 0. The van der Waals surface area contributed by atoms with Crippen molar-refractivity contribution in [3.8, 4) is 0 Å². The molecule has 0 unspecified atom stereocenters. The number of carbonyl (C=O) groups excluding carboxylic acids is 1. The van der Waals surface area contributed by atoms with Crippen molar-refractivity contribution < 1.29 is 30.3 Å². The summed E-state index contributed by atoms with van der Waals surface area (Å²) in [6.45, 7) is 3.59. The average molecular weight is 384 g/mol. The first-order chi connectivity index (χ1) is 13.2. The molecule has 6 heteroatoms. The van der Waals surface area contributed by atoms with Crippen molar-refractivity contribution in [1.29, 1.82) is 0 Å². The maximum Gasteiger partial charge on any atom is 0.228 e. The molecule has 2 aromatic rings. The summed E-state index contributed by atoms with van der Waals surface area (Å²) < 4.78 is 0. The molecule has 0 spiro atoms. The number of aryl methyl sites for hydroxylation is 2. The van der Waals surface area contributed by atoms with Crippen LogP contribution in [-0.2, 0) is 4.79 Å². The monoisotopic (exact) mass is 384 g/mol. The molecule has 0 amide bonds. The van der Waals surface area contributed by atoms with E-state index < -0.39 is 35.6 Å². The van der Waals surface area contributed by atoms with E-state index in [1.54, 1.807) is 62.4 Å². The van der Waals surface area contributed by atoms with Gasteiger partial charge in [0.2, 0.25) is 5.78 Å². The Bertz CT molecular complexity index is 899. The summed E-state index contributed by atoms with van der Waals surface area (Å²) in [6.07, 6.45) is -3.65. The van der Waals surface area contributed by atoms with Gasteiger partial charge in [-0.2, -0.15) is 0 Å². The Labute approximate surface area is 163 Å². The molecule has 0 aromatic heterocycles. The normalized spacial score (nSPS) is 15.8. The van der Waals surface area contributed by atoms with Gasteiger partial charge in [0.1, 0.15) is 24.1 Å². The van der Waals surface area contributed by atoms with Crippen molar-refractivity contribution in [2.75, 3.05) is 0 Å². The molecule has 6 nitrogen and oxygen atoms in total. The molecule has 0 heterocycles. The highest BCUT2D eigenvalue weighted by Crippen LogP contribution is 2.18. The zero-order chi connectivity index (χ0) is 20.8. The van der Waals surface area contributed by atoms with Crippen LogP contribution in [0.5, 0.6) is 0 Å². The minimum Gasteiger partial charge on any atom is -0.509 e. The van der Waals surface area contributed by atoms with E-state index in [0.29, 0.717) is 11.1 Å². The van der Waals surface area contributed by atoms with Crippen LogP contribution in [0.15, 0.2) is 60.0 Å². The Morgan fingerprint density at radius 3 is 1.75 bits per heavy atom. The highest BCUT2D eigenvalue weighted by atomic mass is 16.4. The fourth-order valence-electron chi connectivity index (χ4n) is 2.61. The topological polar surface area (TPSA) is 118 Å². The molecule has 0 radical (unpaired) electrons. The molecule has 0 saturated carbocycles. The molecule has 0 saturated heterocycles. The molecule has 28 heavy (non-hydrogen) atoms. The van der Waals surface area contributed by atoms with Crippen LogP contribution in [0.1, 0.15) is 22.3 Å². The van der Waals surface area contributed by atoms with Crippen molar-refractivity contribution in [3.05, 3.63) is 82.3 Å². The molecule has 0 aliphatic carbocycles. The van der Waals surface area contributed by atoms with Crippen LogP contribution >= 0.6 is 0 Å². The average Bonchev–Trinajstić information content (AvgIpc) is 2.69. The highest BCUT2D eigenvalue weighted by molar-refractivity contribution is 6.00. The lowest BCUT2D eigenvalue weighted by atomic mass is 9.99. The fraction of sp³-hybridized carbons (Fsp3) is 0.227. The summed E-state index contributed by atoms with van der Waals surface area (Å²) in [5.41, 5.74) is 2.80. The maximum absolute atomic E-state index is 12.2. The van der Waals surface area contributed by atoms with Gasteiger partial charge in [0, 0.05) is 0 Å². The quantitative estimate of drug-likeness (QED) is 0.370. The molecular weight excluding hydrogens is 360 g/mol. The zero-order valence-electron chi connectivity index (χ0n) is 15.6. The molecule has 3 atom stereocenters. The van der Waals surface area contributed by atoms with Crippen LogP contribution in [0, 0.1) is 13.8 Å². The summed E-state index contributed by atoms with van der Waals surface area (Å²) in [7, 11) is 0. The van der Waals surface area contributed by atoms with E-state index in [0.717, 1.165) is 11.1 Å². The number of ketones is 1. The molecule has 0 aliphatic heterocycles. The van der Waals surface area contributed by atoms with Crippen molar-refractivity contribution in [2.45, 2.75) is 32.2 Å². The van der Waals surface area contributed by atoms with Crippen molar-refractivity contribution in [3.63, 3.8) is 0 Å². The number of rotatable bonds is 7. The third kappa shape index (κ3) is 5.07. The molecule has 2 aromatic carbocycles. The smallest absolute Gasteiger partial charge is 0.228 e. The van der Waals surface area contributed by atoms with Crippen molar-refractivity contribution in [1.82, 2.24) is 0 Å². The van der Waals surface area contributed by atoms with Gasteiger partial charge in [-0.15, -0.1) is 0 Å². The Hall–Kier alpha value is -2.93. The second-order valence-corrected chi connectivity index (χ2v) is 6.56. The fourth-order valence-corrected chi connectivity index (χ4v) is 2.61. The van der Waals surface area contributed by atoms with E-state index in [-0.39, 0.29) is 0 Å². The lowest BCUT2D eigenvalue weighted by Gasteiger charge is -2.21. The first-order valence-corrected chi connectivity index (χ1v) is 8.73. The Morgan fingerprint density at radius 2 is 1.25 bits per heavy atom. The van der Waals surface area contributed by atoms with Gasteiger partial charge in [-0.05, 0) is 48.3 Å². The molecule has 0 fully saturated rings. The van der Waals surface area contributed by atoms with Crippen LogP contribution in [0.25, 0.3) is 12.2 Å². The molecular formula is C22H24O6. The minimum atomic E-state index is -2.12. The molecule has 0 aliphatic rings. The Kier molecular flexibility index (Phi) is 7.12. The van der Waals surface area contributed by atoms with E-state index >= 15 is 0 Å². The van der Waals surface area contributed by atoms with E-state index in [9.17, 15) is 30.3 Å². The summed E-state index contributed by atoms with van der Waals surface area (Å²) in [4.78, 5) is 12.2. The predicted octanol–water partition coefficient (Wildman–Crippen LogP) is 2.45.